The van der Waals surface area contributed by atoms with E-state index in [0.29, 0.717) is 12.6 Å². The monoisotopic (exact) mass is 248 g/mol. The molecule has 0 atom stereocenters. The molecular formula is C15H24N2O. The Morgan fingerprint density at radius 1 is 1.28 bits per heavy atom. The second kappa shape index (κ2) is 6.62. The zero-order chi connectivity index (χ0) is 12.8. The number of nitrogens with one attached hydrogen (secondary N) is 1. The van der Waals surface area contributed by atoms with Gasteiger partial charge in [0.15, 0.2) is 0 Å². The summed E-state index contributed by atoms with van der Waals surface area (Å²) in [7, 11) is 0. The third-order valence-corrected chi connectivity index (χ3v) is 3.84. The average Bonchev–Trinajstić information content (AvgIpc) is 2.42. The first-order chi connectivity index (χ1) is 8.83. The number of anilines is 1. The lowest BCUT2D eigenvalue weighted by Gasteiger charge is -2.29. The molecule has 1 aromatic heterocycles. The fourth-order valence-electron chi connectivity index (χ4n) is 2.69. The van der Waals surface area contributed by atoms with Crippen LogP contribution in [0.15, 0.2) is 18.3 Å². The molecular weight excluding hydrogens is 224 g/mol. The Bertz CT molecular complexity index is 359. The normalized spacial score (nSPS) is 23.7. The van der Waals surface area contributed by atoms with Crippen molar-refractivity contribution in [2.75, 3.05) is 11.9 Å². The zero-order valence-corrected chi connectivity index (χ0v) is 11.5. The van der Waals surface area contributed by atoms with Crippen LogP contribution in [0.1, 0.15) is 46.0 Å². The maximum Gasteiger partial charge on any atom is 0.237 e. The summed E-state index contributed by atoms with van der Waals surface area (Å²) in [5.41, 5.74) is 1.04. The van der Waals surface area contributed by atoms with Crippen LogP contribution in [0.5, 0.6) is 5.88 Å². The predicted molar refractivity (Wildman–Crippen MR) is 75.1 cm³/mol. The Morgan fingerprint density at radius 3 is 2.72 bits per heavy atom. The summed E-state index contributed by atoms with van der Waals surface area (Å²) in [6.45, 7) is 4.95. The molecule has 0 bridgehead atoms. The summed E-state index contributed by atoms with van der Waals surface area (Å²) in [4.78, 5) is 4.28. The van der Waals surface area contributed by atoms with E-state index in [1.54, 1.807) is 6.20 Å². The molecule has 1 fully saturated rings. The van der Waals surface area contributed by atoms with Crippen LogP contribution < -0.4 is 10.1 Å². The minimum absolute atomic E-state index is 0.580. The number of aromatic nitrogens is 1. The van der Waals surface area contributed by atoms with Crippen LogP contribution in [0.2, 0.25) is 0 Å². The van der Waals surface area contributed by atoms with Gasteiger partial charge in [-0.05, 0) is 50.7 Å². The minimum atomic E-state index is 0.580. The molecule has 1 saturated carbocycles. The van der Waals surface area contributed by atoms with Gasteiger partial charge < -0.3 is 10.1 Å². The van der Waals surface area contributed by atoms with E-state index in [1.807, 2.05) is 13.0 Å². The van der Waals surface area contributed by atoms with E-state index in [-0.39, 0.29) is 0 Å². The third kappa shape index (κ3) is 3.37. The van der Waals surface area contributed by atoms with Crippen molar-refractivity contribution in [3.63, 3.8) is 0 Å². The highest BCUT2D eigenvalue weighted by Crippen LogP contribution is 2.30. The summed E-state index contributed by atoms with van der Waals surface area (Å²) >= 11 is 0. The summed E-state index contributed by atoms with van der Waals surface area (Å²) in [5, 5.41) is 3.59. The van der Waals surface area contributed by atoms with Crippen LogP contribution in [0, 0.1) is 5.92 Å². The van der Waals surface area contributed by atoms with Gasteiger partial charge >= 0.3 is 0 Å². The van der Waals surface area contributed by atoms with Gasteiger partial charge in [-0.15, -0.1) is 0 Å². The van der Waals surface area contributed by atoms with Crippen molar-refractivity contribution >= 4 is 5.69 Å². The molecule has 0 amide bonds. The molecule has 18 heavy (non-hydrogen) atoms. The van der Waals surface area contributed by atoms with Gasteiger partial charge in [-0.25, -0.2) is 4.98 Å². The first-order valence-corrected chi connectivity index (χ1v) is 7.17. The second-order valence-electron chi connectivity index (χ2n) is 5.06. The molecule has 1 aliphatic rings. The van der Waals surface area contributed by atoms with Crippen molar-refractivity contribution in [1.29, 1.82) is 0 Å². The van der Waals surface area contributed by atoms with Crippen molar-refractivity contribution in [1.82, 2.24) is 4.98 Å². The molecule has 3 heteroatoms. The molecule has 1 aromatic rings. The van der Waals surface area contributed by atoms with Gasteiger partial charge in [0, 0.05) is 12.2 Å². The Kier molecular flexibility index (Phi) is 4.85. The molecule has 3 nitrogen and oxygen atoms in total. The van der Waals surface area contributed by atoms with Crippen molar-refractivity contribution in [2.45, 2.75) is 52.0 Å². The van der Waals surface area contributed by atoms with E-state index < -0.39 is 0 Å². The Hall–Kier alpha value is -1.25. The number of hydrogen-bond acceptors (Lipinski definition) is 3. The van der Waals surface area contributed by atoms with Crippen LogP contribution in [0.3, 0.4) is 0 Å². The molecule has 1 aliphatic carbocycles. The molecule has 0 radical (unpaired) electrons. The van der Waals surface area contributed by atoms with E-state index in [4.69, 9.17) is 4.74 Å². The van der Waals surface area contributed by atoms with Gasteiger partial charge in [-0.3, -0.25) is 0 Å². The molecule has 1 N–H and O–H groups in total. The second-order valence-corrected chi connectivity index (χ2v) is 5.06. The fourth-order valence-corrected chi connectivity index (χ4v) is 2.69. The molecule has 100 valence electrons. The molecule has 0 unspecified atom stereocenters. The number of nitrogens with zero attached hydrogens (tertiary/aromatic N) is 1. The SMILES string of the molecule is CCOc1ncccc1NC1CCC(CC)CC1. The zero-order valence-electron chi connectivity index (χ0n) is 11.5. The number of rotatable bonds is 5. The van der Waals surface area contributed by atoms with Crippen molar-refractivity contribution in [3.8, 4) is 5.88 Å². The standard InChI is InChI=1S/C15H24N2O/c1-3-12-7-9-13(10-8-12)17-14-6-5-11-16-15(14)18-4-2/h5-6,11-13,17H,3-4,7-10H2,1-2H3. The molecule has 0 spiro atoms. The first-order valence-electron chi connectivity index (χ1n) is 7.17. The molecule has 2 rings (SSSR count). The minimum Gasteiger partial charge on any atom is -0.476 e. The van der Waals surface area contributed by atoms with E-state index in [2.05, 4.69) is 23.3 Å². The largest absolute Gasteiger partial charge is 0.476 e. The highest BCUT2D eigenvalue weighted by molar-refractivity contribution is 5.52. The van der Waals surface area contributed by atoms with Crippen LogP contribution >= 0.6 is 0 Å². The van der Waals surface area contributed by atoms with Crippen LogP contribution in [-0.2, 0) is 0 Å². The number of hydrogen-bond donors (Lipinski definition) is 1. The maximum atomic E-state index is 5.55. The van der Waals surface area contributed by atoms with Crippen molar-refractivity contribution < 1.29 is 4.74 Å². The predicted octanol–water partition coefficient (Wildman–Crippen LogP) is 3.86. The highest BCUT2D eigenvalue weighted by Gasteiger charge is 2.20. The quantitative estimate of drug-likeness (QED) is 0.859. The molecule has 1 heterocycles. The van der Waals surface area contributed by atoms with E-state index in [9.17, 15) is 0 Å². The summed E-state index contributed by atoms with van der Waals surface area (Å²) in [6.07, 6.45) is 8.32. The van der Waals surface area contributed by atoms with Gasteiger partial charge in [-0.2, -0.15) is 0 Å². The smallest absolute Gasteiger partial charge is 0.237 e. The Balaban J connectivity index is 1.93. The van der Waals surface area contributed by atoms with Crippen LogP contribution in [0.25, 0.3) is 0 Å². The third-order valence-electron chi connectivity index (χ3n) is 3.84. The first kappa shape index (κ1) is 13.2. The van der Waals surface area contributed by atoms with Crippen molar-refractivity contribution in [3.05, 3.63) is 18.3 Å². The van der Waals surface area contributed by atoms with E-state index in [1.165, 1.54) is 32.1 Å². The van der Waals surface area contributed by atoms with Crippen molar-refractivity contribution in [2.24, 2.45) is 5.92 Å². The molecule has 0 aromatic carbocycles. The van der Waals surface area contributed by atoms with E-state index in [0.717, 1.165) is 17.5 Å². The summed E-state index contributed by atoms with van der Waals surface area (Å²) in [5.74, 6) is 1.67. The van der Waals surface area contributed by atoms with Gasteiger partial charge in [0.05, 0.1) is 12.3 Å². The Morgan fingerprint density at radius 2 is 2.06 bits per heavy atom. The lowest BCUT2D eigenvalue weighted by atomic mass is 9.84. The summed E-state index contributed by atoms with van der Waals surface area (Å²) in [6, 6.07) is 4.60. The fraction of sp³-hybridized carbons (Fsp3) is 0.667. The van der Waals surface area contributed by atoms with Gasteiger partial charge in [-0.1, -0.05) is 13.3 Å². The lowest BCUT2D eigenvalue weighted by Crippen LogP contribution is -2.26. The van der Waals surface area contributed by atoms with Gasteiger partial charge in [0.25, 0.3) is 0 Å². The average molecular weight is 248 g/mol. The Labute approximate surface area is 110 Å². The lowest BCUT2D eigenvalue weighted by molar-refractivity contribution is 0.320. The van der Waals surface area contributed by atoms with Crippen LogP contribution in [-0.4, -0.2) is 17.6 Å². The highest BCUT2D eigenvalue weighted by atomic mass is 16.5. The number of pyridine rings is 1. The maximum absolute atomic E-state index is 5.55. The summed E-state index contributed by atoms with van der Waals surface area (Å²) < 4.78 is 5.55. The topological polar surface area (TPSA) is 34.1 Å². The van der Waals surface area contributed by atoms with E-state index >= 15 is 0 Å². The molecule has 0 aliphatic heterocycles. The molecule has 0 saturated heterocycles. The van der Waals surface area contributed by atoms with Crippen LogP contribution in [0.4, 0.5) is 5.69 Å². The van der Waals surface area contributed by atoms with Gasteiger partial charge in [0.2, 0.25) is 5.88 Å². The van der Waals surface area contributed by atoms with Gasteiger partial charge in [0.1, 0.15) is 0 Å². The number of ether oxygens (including phenoxy) is 1.